The van der Waals surface area contributed by atoms with E-state index in [2.05, 4.69) is 33.4 Å². The summed E-state index contributed by atoms with van der Waals surface area (Å²) >= 11 is 5.29. The van der Waals surface area contributed by atoms with E-state index >= 15 is 0 Å². The number of nitro groups is 1. The Labute approximate surface area is 228 Å². The van der Waals surface area contributed by atoms with Crippen LogP contribution < -0.4 is 5.32 Å². The number of benzene rings is 3. The number of piperidine rings is 1. The normalized spacial score (nSPS) is 14.9. The number of halogens is 1. The fraction of sp³-hybridized carbons (Fsp3) is 0.269. The lowest BCUT2D eigenvalue weighted by Gasteiger charge is -2.31. The van der Waals surface area contributed by atoms with Crippen LogP contribution in [0.3, 0.4) is 0 Å². The number of thioether (sulfide) groups is 1. The zero-order chi connectivity index (χ0) is 26.6. The Morgan fingerprint density at radius 1 is 1.11 bits per heavy atom. The van der Waals surface area contributed by atoms with Crippen molar-refractivity contribution in [2.45, 2.75) is 35.3 Å². The molecule has 1 heterocycles. The molecular weight excluding hydrogens is 578 g/mol. The van der Waals surface area contributed by atoms with Crippen LogP contribution in [-0.4, -0.2) is 36.6 Å². The van der Waals surface area contributed by atoms with Crippen molar-refractivity contribution in [1.82, 2.24) is 4.31 Å². The number of non-ortho nitro benzene ring substituents is 1. The highest BCUT2D eigenvalue weighted by atomic mass is 79.9. The van der Waals surface area contributed by atoms with E-state index in [9.17, 15) is 23.3 Å². The van der Waals surface area contributed by atoms with Gasteiger partial charge in [0.2, 0.25) is 15.9 Å². The fourth-order valence-electron chi connectivity index (χ4n) is 4.15. The Bertz CT molecular complexity index is 1410. The van der Waals surface area contributed by atoms with E-state index in [0.29, 0.717) is 24.1 Å². The van der Waals surface area contributed by atoms with Crippen LogP contribution in [0.25, 0.3) is 0 Å². The standard InChI is InChI=1S/C26H26BrN3O5S2/c1-18-7-9-22(30(32)33)16-25(18)37(34,35)29-13-11-20(12-14-29)26(31)28-21-8-10-24(23(27)15-21)36-17-19-5-3-2-4-6-19/h2-10,15-16,20H,11-14,17H2,1H3,(H,28,31). The van der Waals surface area contributed by atoms with Crippen molar-refractivity contribution < 1.29 is 18.1 Å². The number of carbonyl (C=O) groups is 1. The van der Waals surface area contributed by atoms with Crippen LogP contribution in [-0.2, 0) is 20.6 Å². The van der Waals surface area contributed by atoms with Crippen LogP contribution in [0.5, 0.6) is 0 Å². The molecule has 1 saturated heterocycles. The number of amides is 1. The molecule has 0 aromatic heterocycles. The smallest absolute Gasteiger partial charge is 0.270 e. The van der Waals surface area contributed by atoms with Crippen LogP contribution >= 0.6 is 27.7 Å². The first-order chi connectivity index (χ1) is 17.6. The zero-order valence-electron chi connectivity index (χ0n) is 20.1. The van der Waals surface area contributed by atoms with Crippen LogP contribution in [0, 0.1) is 23.0 Å². The molecule has 4 rings (SSSR count). The largest absolute Gasteiger partial charge is 0.326 e. The minimum absolute atomic E-state index is 0.0697. The van der Waals surface area contributed by atoms with E-state index in [4.69, 9.17) is 0 Å². The van der Waals surface area contributed by atoms with E-state index in [-0.39, 0.29) is 35.5 Å². The molecule has 0 spiro atoms. The number of rotatable bonds is 8. The van der Waals surface area contributed by atoms with Gasteiger partial charge in [-0.05, 0) is 65.0 Å². The first kappa shape index (κ1) is 27.3. The van der Waals surface area contributed by atoms with Crippen molar-refractivity contribution in [3.05, 3.63) is 92.4 Å². The van der Waals surface area contributed by atoms with Crippen molar-refractivity contribution >= 4 is 55.0 Å². The quantitative estimate of drug-likeness (QED) is 0.192. The number of sulfonamides is 1. The highest BCUT2D eigenvalue weighted by molar-refractivity contribution is 9.10. The second-order valence-corrected chi connectivity index (χ2v) is 12.6. The maximum Gasteiger partial charge on any atom is 0.270 e. The summed E-state index contributed by atoms with van der Waals surface area (Å²) in [6.07, 6.45) is 0.733. The molecule has 3 aromatic carbocycles. The van der Waals surface area contributed by atoms with Crippen LogP contribution in [0.15, 0.2) is 81.0 Å². The molecule has 194 valence electrons. The Balaban J connectivity index is 1.35. The minimum Gasteiger partial charge on any atom is -0.326 e. The lowest BCUT2D eigenvalue weighted by molar-refractivity contribution is -0.385. The number of nitrogens with zero attached hydrogens (tertiary/aromatic N) is 2. The van der Waals surface area contributed by atoms with Gasteiger partial charge in [0.1, 0.15) is 0 Å². The van der Waals surface area contributed by atoms with Gasteiger partial charge >= 0.3 is 0 Å². The lowest BCUT2D eigenvalue weighted by Crippen LogP contribution is -2.41. The minimum atomic E-state index is -3.90. The van der Waals surface area contributed by atoms with E-state index < -0.39 is 14.9 Å². The predicted octanol–water partition coefficient (Wildman–Crippen LogP) is 6.00. The Kier molecular flexibility index (Phi) is 8.68. The lowest BCUT2D eigenvalue weighted by atomic mass is 9.97. The number of anilines is 1. The number of carbonyl (C=O) groups excluding carboxylic acids is 1. The van der Waals surface area contributed by atoms with Gasteiger partial charge in [0, 0.05) is 51.9 Å². The van der Waals surface area contributed by atoms with Crippen molar-refractivity contribution in [2.24, 2.45) is 5.92 Å². The molecule has 1 aliphatic rings. The molecule has 37 heavy (non-hydrogen) atoms. The zero-order valence-corrected chi connectivity index (χ0v) is 23.3. The fourth-order valence-corrected chi connectivity index (χ4v) is 7.47. The van der Waals surface area contributed by atoms with Gasteiger partial charge < -0.3 is 5.32 Å². The molecule has 1 aliphatic heterocycles. The Hall–Kier alpha value is -2.73. The molecule has 1 amide bonds. The summed E-state index contributed by atoms with van der Waals surface area (Å²) in [4.78, 5) is 24.4. The third-order valence-corrected chi connectivity index (χ3v) is 10.4. The monoisotopic (exact) mass is 603 g/mol. The van der Waals surface area contributed by atoms with Crippen LogP contribution in [0.2, 0.25) is 0 Å². The second kappa shape index (κ2) is 11.8. The Morgan fingerprint density at radius 2 is 1.81 bits per heavy atom. The maximum atomic E-state index is 13.2. The summed E-state index contributed by atoms with van der Waals surface area (Å²) in [7, 11) is -3.90. The molecule has 0 radical (unpaired) electrons. The number of hydrogen-bond donors (Lipinski definition) is 1. The summed E-state index contributed by atoms with van der Waals surface area (Å²) in [5.41, 5.74) is 2.07. The van der Waals surface area contributed by atoms with Gasteiger partial charge in [-0.25, -0.2) is 8.42 Å². The SMILES string of the molecule is Cc1ccc([N+](=O)[O-])cc1S(=O)(=O)N1CCC(C(=O)Nc2ccc(SCc3ccccc3)c(Br)c2)CC1. The van der Waals surface area contributed by atoms with E-state index in [1.54, 1.807) is 18.7 Å². The molecule has 0 bridgehead atoms. The molecule has 0 atom stereocenters. The third-order valence-electron chi connectivity index (χ3n) is 6.26. The third kappa shape index (κ3) is 6.59. The highest BCUT2D eigenvalue weighted by Crippen LogP contribution is 2.33. The molecule has 1 fully saturated rings. The van der Waals surface area contributed by atoms with Crippen molar-refractivity contribution in [3.8, 4) is 0 Å². The first-order valence-corrected chi connectivity index (χ1v) is 14.9. The molecular formula is C26H26BrN3O5S2. The van der Waals surface area contributed by atoms with Crippen molar-refractivity contribution in [1.29, 1.82) is 0 Å². The van der Waals surface area contributed by atoms with E-state index in [1.807, 2.05) is 36.4 Å². The average molecular weight is 605 g/mol. The summed E-state index contributed by atoms with van der Waals surface area (Å²) in [5, 5.41) is 14.1. The second-order valence-electron chi connectivity index (χ2n) is 8.79. The predicted molar refractivity (Wildman–Crippen MR) is 148 cm³/mol. The molecule has 0 aliphatic carbocycles. The average Bonchev–Trinajstić information content (AvgIpc) is 2.89. The van der Waals surface area contributed by atoms with Crippen LogP contribution in [0.4, 0.5) is 11.4 Å². The number of aryl methyl sites for hydroxylation is 1. The summed E-state index contributed by atoms with van der Waals surface area (Å²) in [6, 6.07) is 19.7. The topological polar surface area (TPSA) is 110 Å². The van der Waals surface area contributed by atoms with Gasteiger partial charge in [-0.1, -0.05) is 36.4 Å². The van der Waals surface area contributed by atoms with E-state index in [0.717, 1.165) is 21.2 Å². The molecule has 3 aromatic rings. The van der Waals surface area contributed by atoms with Gasteiger partial charge in [-0.2, -0.15) is 4.31 Å². The summed E-state index contributed by atoms with van der Waals surface area (Å²) < 4.78 is 28.5. The number of nitro benzene ring substituents is 1. The molecule has 0 unspecified atom stereocenters. The molecule has 11 heteroatoms. The Morgan fingerprint density at radius 3 is 2.46 bits per heavy atom. The summed E-state index contributed by atoms with van der Waals surface area (Å²) in [5.74, 6) is 0.353. The maximum absolute atomic E-state index is 13.2. The number of nitrogens with one attached hydrogen (secondary N) is 1. The van der Waals surface area contributed by atoms with E-state index in [1.165, 1.54) is 22.0 Å². The number of hydrogen-bond acceptors (Lipinski definition) is 6. The molecule has 8 nitrogen and oxygen atoms in total. The van der Waals surface area contributed by atoms with Crippen molar-refractivity contribution in [3.63, 3.8) is 0 Å². The van der Waals surface area contributed by atoms with Gasteiger partial charge in [-0.3, -0.25) is 14.9 Å². The van der Waals surface area contributed by atoms with Crippen LogP contribution in [0.1, 0.15) is 24.0 Å². The summed E-state index contributed by atoms with van der Waals surface area (Å²) in [6.45, 7) is 1.95. The highest BCUT2D eigenvalue weighted by Gasteiger charge is 2.33. The molecule has 0 saturated carbocycles. The van der Waals surface area contributed by atoms with Gasteiger partial charge in [0.05, 0.1) is 9.82 Å². The first-order valence-electron chi connectivity index (χ1n) is 11.7. The van der Waals surface area contributed by atoms with Gasteiger partial charge in [0.15, 0.2) is 0 Å². The van der Waals surface area contributed by atoms with Gasteiger partial charge in [-0.15, -0.1) is 11.8 Å². The van der Waals surface area contributed by atoms with Gasteiger partial charge in [0.25, 0.3) is 5.69 Å². The molecule has 1 N–H and O–H groups in total. The van der Waals surface area contributed by atoms with Crippen molar-refractivity contribution in [2.75, 3.05) is 18.4 Å².